The lowest BCUT2D eigenvalue weighted by atomic mass is 10.0. The number of carboxylic acids is 4. The molecule has 1 fully saturated rings. The molecule has 0 aromatic rings. The number of aliphatic hydroxyl groups excluding tert-OH is 1. The SMILES string of the molecule is CCCCCCCCCCCCCCCCCC(=O)N[C@@H](CC(=O)O)C(=O)N1CCC[C@H]1C(=O)NCC(=O)N[C@@H](CCC(=O)O)C(=O)N[C@@H](CCC(=O)O)C(=O)N[C@H](C(=O)N[C@@H](CC(C)C)C(=O)O)[C@@H](C)O. The molecule has 7 amide bonds. The van der Waals surface area contributed by atoms with E-state index >= 15 is 0 Å². The quantitative estimate of drug-likeness (QED) is 0.0393. The molecule has 410 valence electrons. The zero-order chi connectivity index (χ0) is 54.2. The summed E-state index contributed by atoms with van der Waals surface area (Å²) in [5.41, 5.74) is 0. The minimum absolute atomic E-state index is 0.000247. The maximum absolute atomic E-state index is 13.7. The molecule has 0 radical (unpaired) electrons. The predicted octanol–water partition coefficient (Wildman–Crippen LogP) is 2.49. The lowest BCUT2D eigenvalue weighted by molar-refractivity contribution is -0.146. The molecule has 0 unspecified atom stereocenters. The number of aliphatic carboxylic acids is 4. The third-order valence-electron chi connectivity index (χ3n) is 12.2. The molecule has 72 heavy (non-hydrogen) atoms. The van der Waals surface area contributed by atoms with Crippen LogP contribution in [0.2, 0.25) is 0 Å². The normalized spacial score (nSPS) is 15.8. The summed E-state index contributed by atoms with van der Waals surface area (Å²) in [5, 5.41) is 61.9. The standard InChI is InChI=1S/C49H83N7O16/c1-5-6-7-8-9-10-11-12-13-14-15-16-17-18-19-22-38(58)52-35(29-42(64)65)48(70)56-27-20-21-37(56)46(68)50-30-39(59)51-33(23-25-40(60)61)44(66)53-34(24-26-41(62)63)45(67)55-43(32(4)57)47(69)54-36(49(71)72)28-31(2)3/h31-37,43,57H,5-30H2,1-4H3,(H,50,68)(H,51,59)(H,52,58)(H,53,66)(H,54,69)(H,55,67)(H,60,61)(H,62,63)(H,64,65)(H,71,72)/t32-,33+,34+,35+,36+,37+,43+/m1/s1. The third kappa shape index (κ3) is 27.7. The molecular weight excluding hydrogens is 943 g/mol. The number of unbranched alkanes of at least 4 members (excludes halogenated alkanes) is 14. The summed E-state index contributed by atoms with van der Waals surface area (Å²) in [5.74, 6) is -12.3. The van der Waals surface area contributed by atoms with Crippen LogP contribution in [0.5, 0.6) is 0 Å². The van der Waals surface area contributed by atoms with Crippen LogP contribution in [0.15, 0.2) is 0 Å². The van der Waals surface area contributed by atoms with E-state index in [0.29, 0.717) is 12.8 Å². The number of hydrogen-bond acceptors (Lipinski definition) is 12. The second-order valence-corrected chi connectivity index (χ2v) is 19.1. The van der Waals surface area contributed by atoms with Gasteiger partial charge in [-0.2, -0.15) is 0 Å². The number of nitrogens with zero attached hydrogens (tertiary/aromatic N) is 1. The number of carbonyl (C=O) groups is 11. The van der Waals surface area contributed by atoms with Crippen molar-refractivity contribution in [3.63, 3.8) is 0 Å². The first-order valence-electron chi connectivity index (χ1n) is 25.7. The molecule has 1 heterocycles. The van der Waals surface area contributed by atoms with E-state index in [1.807, 2.05) is 0 Å². The van der Waals surface area contributed by atoms with Crippen LogP contribution in [-0.4, -0.2) is 151 Å². The Balaban J connectivity index is 2.88. The fourth-order valence-corrected chi connectivity index (χ4v) is 8.29. The fraction of sp³-hybridized carbons (Fsp3) is 0.776. The van der Waals surface area contributed by atoms with E-state index in [-0.39, 0.29) is 31.7 Å². The third-order valence-corrected chi connectivity index (χ3v) is 12.2. The second-order valence-electron chi connectivity index (χ2n) is 19.1. The molecule has 23 heteroatoms. The van der Waals surface area contributed by atoms with Crippen LogP contribution >= 0.6 is 0 Å². The van der Waals surface area contributed by atoms with Gasteiger partial charge >= 0.3 is 23.9 Å². The lowest BCUT2D eigenvalue weighted by Gasteiger charge is -2.28. The predicted molar refractivity (Wildman–Crippen MR) is 262 cm³/mol. The molecule has 0 aromatic heterocycles. The van der Waals surface area contributed by atoms with Gasteiger partial charge in [0.15, 0.2) is 0 Å². The first kappa shape index (κ1) is 64.1. The van der Waals surface area contributed by atoms with Gasteiger partial charge in [-0.1, -0.05) is 111 Å². The Kier molecular flexibility index (Phi) is 32.2. The summed E-state index contributed by atoms with van der Waals surface area (Å²) in [4.78, 5) is 141. The van der Waals surface area contributed by atoms with E-state index < -0.39 is 146 Å². The van der Waals surface area contributed by atoms with Gasteiger partial charge < -0.3 is 62.3 Å². The van der Waals surface area contributed by atoms with Crippen LogP contribution in [0.3, 0.4) is 0 Å². The summed E-state index contributed by atoms with van der Waals surface area (Å²) in [6.45, 7) is 5.99. The average Bonchev–Trinajstić information content (AvgIpc) is 3.80. The van der Waals surface area contributed by atoms with Crippen LogP contribution in [0.4, 0.5) is 0 Å². The van der Waals surface area contributed by atoms with E-state index in [0.717, 1.165) is 37.5 Å². The average molecular weight is 1030 g/mol. The van der Waals surface area contributed by atoms with Gasteiger partial charge in [-0.15, -0.1) is 0 Å². The van der Waals surface area contributed by atoms with Crippen LogP contribution < -0.4 is 31.9 Å². The minimum atomic E-state index is -1.77. The monoisotopic (exact) mass is 1030 g/mol. The van der Waals surface area contributed by atoms with Crippen molar-refractivity contribution >= 4 is 65.2 Å². The number of rotatable bonds is 40. The molecule has 7 atom stereocenters. The highest BCUT2D eigenvalue weighted by Gasteiger charge is 2.39. The van der Waals surface area contributed by atoms with Crippen LogP contribution in [-0.2, 0) is 52.7 Å². The summed E-state index contributed by atoms with van der Waals surface area (Å²) >= 11 is 0. The molecule has 0 saturated carbocycles. The summed E-state index contributed by atoms with van der Waals surface area (Å²) in [6, 6.07) is -9.23. The second kappa shape index (κ2) is 36.1. The van der Waals surface area contributed by atoms with E-state index in [1.54, 1.807) is 13.8 Å². The maximum Gasteiger partial charge on any atom is 0.326 e. The van der Waals surface area contributed by atoms with E-state index in [9.17, 15) is 78.3 Å². The molecule has 1 saturated heterocycles. The Bertz CT molecular complexity index is 1780. The topological polar surface area (TPSA) is 364 Å². The Morgan fingerprint density at radius 2 is 1.01 bits per heavy atom. The molecule has 0 aromatic carbocycles. The maximum atomic E-state index is 13.7. The van der Waals surface area contributed by atoms with Crippen LogP contribution in [0.1, 0.15) is 182 Å². The van der Waals surface area contributed by atoms with E-state index in [2.05, 4.69) is 38.8 Å². The number of hydrogen-bond donors (Lipinski definition) is 11. The van der Waals surface area contributed by atoms with Gasteiger partial charge in [0, 0.05) is 25.8 Å². The molecule has 11 N–H and O–H groups in total. The number of nitrogens with one attached hydrogen (secondary N) is 6. The van der Waals surface area contributed by atoms with Gasteiger partial charge in [0.2, 0.25) is 41.4 Å². The lowest BCUT2D eigenvalue weighted by Crippen LogP contribution is -2.60. The summed E-state index contributed by atoms with van der Waals surface area (Å²) in [6.07, 6.45) is 12.8. The molecule has 0 spiro atoms. The number of amides is 7. The number of carbonyl (C=O) groups excluding carboxylic acids is 7. The summed E-state index contributed by atoms with van der Waals surface area (Å²) in [7, 11) is 0. The van der Waals surface area contributed by atoms with Crippen molar-refractivity contribution in [1.29, 1.82) is 0 Å². The zero-order valence-electron chi connectivity index (χ0n) is 42.7. The highest BCUT2D eigenvalue weighted by molar-refractivity contribution is 5.97. The number of likely N-dealkylation sites (tertiary alicyclic amines) is 1. The van der Waals surface area contributed by atoms with Crippen molar-refractivity contribution in [2.75, 3.05) is 13.1 Å². The van der Waals surface area contributed by atoms with Gasteiger partial charge in [-0.05, 0) is 51.4 Å². The summed E-state index contributed by atoms with van der Waals surface area (Å²) < 4.78 is 0. The molecular formula is C49H83N7O16. The van der Waals surface area contributed by atoms with Crippen LogP contribution in [0, 0.1) is 5.92 Å². The smallest absolute Gasteiger partial charge is 0.326 e. The van der Waals surface area contributed by atoms with Crippen molar-refractivity contribution in [3.8, 4) is 0 Å². The first-order chi connectivity index (χ1) is 34.1. The Hall–Kier alpha value is -5.87. The minimum Gasteiger partial charge on any atom is -0.481 e. The van der Waals surface area contributed by atoms with Gasteiger partial charge in [-0.25, -0.2) is 4.79 Å². The first-order valence-corrected chi connectivity index (χ1v) is 25.7. The van der Waals surface area contributed by atoms with Gasteiger partial charge in [0.1, 0.15) is 36.3 Å². The molecule has 23 nitrogen and oxygen atoms in total. The molecule has 1 aliphatic heterocycles. The Morgan fingerprint density at radius 3 is 1.49 bits per heavy atom. The van der Waals surface area contributed by atoms with E-state index in [1.165, 1.54) is 64.2 Å². The highest BCUT2D eigenvalue weighted by atomic mass is 16.4. The van der Waals surface area contributed by atoms with Gasteiger partial charge in [-0.3, -0.25) is 47.9 Å². The fourth-order valence-electron chi connectivity index (χ4n) is 8.29. The van der Waals surface area contributed by atoms with Crippen molar-refractivity contribution in [2.45, 2.75) is 224 Å². The Morgan fingerprint density at radius 1 is 0.542 bits per heavy atom. The number of carboxylic acid groups (broad SMARTS) is 4. The largest absolute Gasteiger partial charge is 0.481 e. The molecule has 0 aliphatic carbocycles. The van der Waals surface area contributed by atoms with E-state index in [4.69, 9.17) is 0 Å². The molecule has 0 bridgehead atoms. The van der Waals surface area contributed by atoms with Crippen molar-refractivity contribution in [2.24, 2.45) is 5.92 Å². The van der Waals surface area contributed by atoms with Crippen molar-refractivity contribution in [3.05, 3.63) is 0 Å². The molecule has 1 rings (SSSR count). The van der Waals surface area contributed by atoms with Crippen LogP contribution in [0.25, 0.3) is 0 Å². The number of aliphatic hydroxyl groups is 1. The van der Waals surface area contributed by atoms with Gasteiger partial charge in [0.25, 0.3) is 0 Å². The van der Waals surface area contributed by atoms with Crippen molar-refractivity contribution < 1.29 is 78.3 Å². The molecule has 1 aliphatic rings. The highest BCUT2D eigenvalue weighted by Crippen LogP contribution is 2.20. The zero-order valence-corrected chi connectivity index (χ0v) is 42.7. The van der Waals surface area contributed by atoms with Gasteiger partial charge in [0.05, 0.1) is 19.1 Å². The van der Waals surface area contributed by atoms with Crippen molar-refractivity contribution in [1.82, 2.24) is 36.8 Å². The Labute approximate surface area is 422 Å².